The molecule has 3 heterocycles. The minimum atomic E-state index is -2.25. The van der Waals surface area contributed by atoms with Gasteiger partial charge in [0.05, 0.1) is 41.9 Å². The number of guanidine groups is 1. The molecule has 5 aromatic rings. The molecular weight excluding hydrogens is 1690 g/mol. The first-order chi connectivity index (χ1) is 61.3. The van der Waals surface area contributed by atoms with E-state index in [4.69, 9.17) is 16.9 Å². The molecule has 1 aliphatic heterocycles. The van der Waals surface area contributed by atoms with Crippen LogP contribution in [0.5, 0.6) is 5.75 Å². The molecule has 26 N–H and O–H groups in total. The van der Waals surface area contributed by atoms with E-state index >= 15 is 19.2 Å². The highest BCUT2D eigenvalue weighted by atomic mass is 32.2. The Morgan fingerprint density at radius 1 is 0.566 bits per heavy atom. The van der Waals surface area contributed by atoms with Gasteiger partial charge in [0.1, 0.15) is 78.1 Å². The highest BCUT2D eigenvalue weighted by molar-refractivity contribution is 8.00. The number of pyridine rings is 1. The molecule has 2 aromatic heterocycles. The number of aliphatic hydroxyl groups excluding tert-OH is 2. The van der Waals surface area contributed by atoms with Crippen molar-refractivity contribution in [2.24, 2.45) is 29.2 Å². The van der Waals surface area contributed by atoms with Crippen LogP contribution in [0.15, 0.2) is 104 Å². The van der Waals surface area contributed by atoms with Gasteiger partial charge in [0, 0.05) is 55.4 Å². The largest absolute Gasteiger partial charge is 0.508 e. The van der Waals surface area contributed by atoms with E-state index in [0.29, 0.717) is 66.1 Å². The second-order valence-electron chi connectivity index (χ2n) is 33.4. The molecular formula is C88H125N19O21S. The average Bonchev–Trinajstić information content (AvgIpc) is 1.57. The van der Waals surface area contributed by atoms with Crippen molar-refractivity contribution in [2.75, 3.05) is 18.1 Å². The number of amides is 12. The summed E-state index contributed by atoms with van der Waals surface area (Å²) in [5, 5.41) is 111. The molecule has 3 unspecified atom stereocenters. The lowest BCUT2D eigenvalue weighted by Gasteiger charge is -2.34. The van der Waals surface area contributed by atoms with Crippen LogP contribution in [0.25, 0.3) is 22.0 Å². The molecule has 129 heavy (non-hydrogen) atoms. The van der Waals surface area contributed by atoms with E-state index in [1.165, 1.54) is 63.6 Å². The number of nitrogens with two attached hydrogens (primary N) is 2. The smallest absolute Gasteiger partial charge is 0.309 e. The number of unbranched alkanes of at least 4 members (excludes halogenated alkanes) is 5. The number of primary amides is 1. The summed E-state index contributed by atoms with van der Waals surface area (Å²) in [5.74, 6) is -21.5. The number of hydrogen-bond donors (Lipinski definition) is 24. The number of aromatic nitrogens is 2. The Bertz CT molecular complexity index is 4680. The number of phenols is 1. The first kappa shape index (κ1) is 104. The number of phenolic OH excluding ortho intramolecular Hbond substituents is 1. The molecule has 1 saturated carbocycles. The van der Waals surface area contributed by atoms with Crippen molar-refractivity contribution in [3.05, 3.63) is 120 Å². The van der Waals surface area contributed by atoms with E-state index in [-0.39, 0.29) is 75.5 Å². The van der Waals surface area contributed by atoms with Gasteiger partial charge in [-0.2, -0.15) is 0 Å². The van der Waals surface area contributed by atoms with Gasteiger partial charge in [-0.15, -0.1) is 11.8 Å². The number of thioether (sulfide) groups is 1. The number of H-pyrrole nitrogens is 1. The predicted octanol–water partition coefficient (Wildman–Crippen LogP) is 0.432. The Morgan fingerprint density at radius 2 is 1.11 bits per heavy atom. The number of nitrogens with one attached hydrogen (secondary N) is 16. The highest BCUT2D eigenvalue weighted by Crippen LogP contribution is 2.44. The molecule has 40 nitrogen and oxygen atoms in total. The number of fused-ring (bicyclic) bond motifs is 1. The van der Waals surface area contributed by atoms with Gasteiger partial charge in [0.2, 0.25) is 70.9 Å². The fourth-order valence-corrected chi connectivity index (χ4v) is 15.8. The molecule has 7 rings (SSSR count). The molecule has 12 amide bonds. The number of hydrogen-bond acceptors (Lipinski definition) is 23. The number of carbonyl (C=O) groups is 15. The van der Waals surface area contributed by atoms with Crippen LogP contribution < -0.4 is 85.9 Å². The number of aromatic hydroxyl groups is 1. The number of carboxylic acid groups (broad SMARTS) is 3. The summed E-state index contributed by atoms with van der Waals surface area (Å²) >= 11 is 0.773. The van der Waals surface area contributed by atoms with Crippen LogP contribution in [0, 0.1) is 23.2 Å². The summed E-state index contributed by atoms with van der Waals surface area (Å²) in [6, 6.07) is 4.47. The number of carboxylic acids is 3. The summed E-state index contributed by atoms with van der Waals surface area (Å²) in [5.41, 5.74) is 12.5. The van der Waals surface area contributed by atoms with Crippen molar-refractivity contribution in [3.8, 4) is 16.9 Å². The van der Waals surface area contributed by atoms with Gasteiger partial charge in [-0.3, -0.25) is 92.9 Å². The average molecular weight is 1820 g/mol. The van der Waals surface area contributed by atoms with Crippen LogP contribution in [0.2, 0.25) is 0 Å². The van der Waals surface area contributed by atoms with Gasteiger partial charge in [0.15, 0.2) is 5.96 Å². The maximum absolute atomic E-state index is 15.4. The molecule has 1 saturated heterocycles. The van der Waals surface area contributed by atoms with Crippen molar-refractivity contribution in [1.82, 2.24) is 84.4 Å². The number of aliphatic carboxylic acids is 3. The molecule has 0 bridgehead atoms. The Balaban J connectivity index is 1.31. The van der Waals surface area contributed by atoms with Gasteiger partial charge >= 0.3 is 17.9 Å². The molecule has 2 aliphatic rings. The van der Waals surface area contributed by atoms with Crippen LogP contribution in [-0.4, -0.2) is 244 Å². The number of carbonyl (C=O) groups excluding carboxylic acids is 12. The number of nitrogens with zero attached hydrogens (tertiary/aromatic N) is 1. The van der Waals surface area contributed by atoms with E-state index in [0.717, 1.165) is 22.9 Å². The third-order valence-electron chi connectivity index (χ3n) is 22.2. The summed E-state index contributed by atoms with van der Waals surface area (Å²) in [6.45, 7) is 11.8. The lowest BCUT2D eigenvalue weighted by Crippen LogP contribution is -2.63. The second-order valence-corrected chi connectivity index (χ2v) is 34.5. The lowest BCUT2D eigenvalue weighted by atomic mass is 9.97. The van der Waals surface area contributed by atoms with Crippen LogP contribution in [0.1, 0.15) is 168 Å². The van der Waals surface area contributed by atoms with Crippen molar-refractivity contribution in [1.29, 1.82) is 5.41 Å². The molecule has 704 valence electrons. The van der Waals surface area contributed by atoms with Gasteiger partial charge in [-0.1, -0.05) is 147 Å². The molecule has 16 atom stereocenters. The number of benzene rings is 3. The van der Waals surface area contributed by atoms with Crippen LogP contribution >= 0.6 is 11.8 Å². The van der Waals surface area contributed by atoms with Gasteiger partial charge in [0.25, 0.3) is 0 Å². The van der Waals surface area contributed by atoms with Crippen LogP contribution in [0.3, 0.4) is 0 Å². The second kappa shape index (κ2) is 51.0. The van der Waals surface area contributed by atoms with E-state index in [2.05, 4.69) is 84.4 Å². The normalized spacial score (nSPS) is 25.4. The van der Waals surface area contributed by atoms with E-state index in [9.17, 15) is 83.4 Å². The summed E-state index contributed by atoms with van der Waals surface area (Å²) in [7, 11) is 0. The Hall–Kier alpha value is -12.3. The lowest BCUT2D eigenvalue weighted by molar-refractivity contribution is -0.142. The maximum Gasteiger partial charge on any atom is 0.309 e. The summed E-state index contributed by atoms with van der Waals surface area (Å²) in [4.78, 5) is 222. The van der Waals surface area contributed by atoms with Crippen LogP contribution in [-0.2, 0) is 91.2 Å². The molecule has 0 radical (unpaired) electrons. The third kappa shape index (κ3) is 33.0. The van der Waals surface area contributed by atoms with Gasteiger partial charge in [-0.05, 0) is 123 Å². The minimum Gasteiger partial charge on any atom is -0.508 e. The first-order valence-corrected chi connectivity index (χ1v) is 44.6. The Labute approximate surface area is 751 Å². The molecule has 41 heteroatoms. The Kier molecular flexibility index (Phi) is 41.0. The van der Waals surface area contributed by atoms with Crippen molar-refractivity contribution in [3.63, 3.8) is 0 Å². The van der Waals surface area contributed by atoms with Crippen molar-refractivity contribution < 1.29 is 103 Å². The van der Waals surface area contributed by atoms with Crippen LogP contribution in [0.4, 0.5) is 0 Å². The summed E-state index contributed by atoms with van der Waals surface area (Å²) < 4.78 is 0. The topological polar surface area (TPSA) is 650 Å². The van der Waals surface area contributed by atoms with Crippen molar-refractivity contribution >= 4 is 117 Å². The number of aromatic amines is 1. The fourth-order valence-electron chi connectivity index (χ4n) is 14.9. The third-order valence-corrected chi connectivity index (χ3v) is 23.3. The quantitative estimate of drug-likeness (QED) is 0.0168. The SMILES string of the molecule is CCCCC[C@@H]1NC(=O)[C@H](Cc2ccc(-c3ccccc3)cc2)NC(=O)[C@H](CC(C)C)NC(=O)[C@H](C(C)C)NC(=O)[C@H](CCC(=O)O)NC(=O)[C@H](CC(=O)O)NC(=O)[C@H](Cc2c[nH]c3cnccc23)NC(=O)[C@H](Cc2ccc(O)cc2)NC(O)[C@H](CCCCC)NC(O)[C@H](CCCCNC(=N)N)NC(=O)[C@H](C)NC(=O)CSC[C@@H](C(N)=O)NC(=O)C2(C[C@@H]2C(=O)O)NC1=O. The van der Waals surface area contributed by atoms with Gasteiger partial charge in [-0.25, -0.2) is 0 Å². The van der Waals surface area contributed by atoms with E-state index in [1.807, 2.05) is 44.2 Å². The van der Waals surface area contributed by atoms with E-state index in [1.54, 1.807) is 44.2 Å². The molecule has 3 aromatic carbocycles. The Morgan fingerprint density at radius 3 is 1.71 bits per heavy atom. The molecule has 2 fully saturated rings. The maximum atomic E-state index is 15.4. The highest BCUT2D eigenvalue weighted by Gasteiger charge is 2.66. The molecule has 1 aliphatic carbocycles. The standard InChI is InChI=1S/C88H125N19O21S/c1-8-10-13-21-59-76(117)100-64(39-51-26-30-55(108)31-27-51)80(121)102-65(40-54-43-94-67-44-92-36-34-56(54)67)81(122)103-66(41-71(112)113)82(123)99-61(32-33-70(110)111)77(118)106-72(48(5)6)84(125)104-62(37-47(3)4)78(119)101-63(38-50-24-28-53(29-25-50)52-19-15-12-16-20-52)79(120)98-60(22-14-11-9-2)83(124)107-88(42-57(88)85(126)127)86(128)105-68(73(89)114)45-129-46-69(109)95-49(7)74(115)96-58(75(116)97-59)23-17-18-35-93-87(90)91/h12,15-16,19-20,24-31,34,36,43-44,47-49,57-66,68,72,75-76,94,97,100,108,116-117H,8-11,13-14,17-18,21-23,32-33,35,37-42,45-46H2,1-7H3,(H2,89,114)(H,95,109)(H,96,115)(H,98,120)(H,99,123)(H,101,119)(H,102,121)(H,103,122)(H,104,125)(H,105,128)(H,106,118)(H,107,124)(H,110,111)(H,112,113)(H,126,127)(H4,90,91,93)/t49-,57+,58-,59-,60-,61-,62-,63-,64-,65-,66-,68-,72-,75?,76?,88?/m0/s1. The zero-order valence-electron chi connectivity index (χ0n) is 73.5. The monoisotopic (exact) mass is 1820 g/mol. The predicted molar refractivity (Wildman–Crippen MR) is 477 cm³/mol. The molecule has 1 spiro atoms. The zero-order chi connectivity index (χ0) is 94.8. The number of rotatable bonds is 30. The fraction of sp³-hybridized carbons (Fsp3) is 0.534. The number of aliphatic hydroxyl groups is 2. The summed E-state index contributed by atoms with van der Waals surface area (Å²) in [6.07, 6.45) is 0.319. The van der Waals surface area contributed by atoms with E-state index < -0.39 is 235 Å². The first-order valence-electron chi connectivity index (χ1n) is 43.5. The minimum absolute atomic E-state index is 0.0129. The van der Waals surface area contributed by atoms with Gasteiger partial charge < -0.3 is 111 Å². The van der Waals surface area contributed by atoms with Crippen molar-refractivity contribution in [2.45, 2.75) is 261 Å². The zero-order valence-corrected chi connectivity index (χ0v) is 74.3.